The zero-order valence-electron chi connectivity index (χ0n) is 11.7. The Bertz CT molecular complexity index is 943. The summed E-state index contributed by atoms with van der Waals surface area (Å²) in [5.41, 5.74) is 3.32. The van der Waals surface area contributed by atoms with E-state index in [0.717, 1.165) is 22.3 Å². The maximum absolute atomic E-state index is 4.79. The van der Waals surface area contributed by atoms with E-state index in [1.165, 1.54) is 16.3 Å². The zero-order chi connectivity index (χ0) is 14.2. The Hall–Kier alpha value is -2.74. The van der Waals surface area contributed by atoms with Crippen LogP contribution in [0.4, 0.5) is 0 Å². The summed E-state index contributed by atoms with van der Waals surface area (Å²) in [6, 6.07) is 20.8. The van der Waals surface area contributed by atoms with Crippen LogP contribution >= 0.6 is 0 Å². The standard InChI is InChI=1S/C19H14N2/c1-13-7-10-17-15(11-13)8-9-16-12-20-19(21-18(16)17)14-5-3-2-4-6-14/h2-12H,1H3. The largest absolute Gasteiger partial charge is 0.236 e. The molecule has 4 aromatic rings. The second-order valence-corrected chi connectivity index (χ2v) is 5.29. The number of hydrogen-bond acceptors (Lipinski definition) is 2. The summed E-state index contributed by atoms with van der Waals surface area (Å²) in [6.45, 7) is 2.11. The summed E-state index contributed by atoms with van der Waals surface area (Å²) in [7, 11) is 0. The predicted molar refractivity (Wildman–Crippen MR) is 87.2 cm³/mol. The average Bonchev–Trinajstić information content (AvgIpc) is 2.54. The van der Waals surface area contributed by atoms with Gasteiger partial charge in [0.2, 0.25) is 0 Å². The SMILES string of the molecule is Cc1ccc2c(ccc3cnc(-c4ccccc4)nc32)c1. The van der Waals surface area contributed by atoms with Gasteiger partial charge in [-0.2, -0.15) is 0 Å². The van der Waals surface area contributed by atoms with Crippen LogP contribution < -0.4 is 0 Å². The molecule has 0 spiro atoms. The van der Waals surface area contributed by atoms with Gasteiger partial charge in [0.1, 0.15) is 0 Å². The van der Waals surface area contributed by atoms with Crippen LogP contribution in [0, 0.1) is 6.92 Å². The van der Waals surface area contributed by atoms with Gasteiger partial charge >= 0.3 is 0 Å². The fraction of sp³-hybridized carbons (Fsp3) is 0.0526. The first-order chi connectivity index (χ1) is 10.3. The summed E-state index contributed by atoms with van der Waals surface area (Å²) in [5.74, 6) is 0.774. The van der Waals surface area contributed by atoms with E-state index in [-0.39, 0.29) is 0 Å². The third-order valence-electron chi connectivity index (χ3n) is 3.75. The first-order valence-electron chi connectivity index (χ1n) is 7.03. The van der Waals surface area contributed by atoms with Crippen LogP contribution in [0.2, 0.25) is 0 Å². The van der Waals surface area contributed by atoms with Crippen molar-refractivity contribution in [1.82, 2.24) is 9.97 Å². The van der Waals surface area contributed by atoms with Crippen molar-refractivity contribution in [2.24, 2.45) is 0 Å². The number of aromatic nitrogens is 2. The van der Waals surface area contributed by atoms with E-state index in [0.29, 0.717) is 0 Å². The van der Waals surface area contributed by atoms with Crippen LogP contribution in [-0.4, -0.2) is 9.97 Å². The highest BCUT2D eigenvalue weighted by Gasteiger charge is 2.06. The molecule has 0 bridgehead atoms. The number of hydrogen-bond donors (Lipinski definition) is 0. The van der Waals surface area contributed by atoms with Crippen molar-refractivity contribution in [3.8, 4) is 11.4 Å². The Morgan fingerprint density at radius 3 is 2.48 bits per heavy atom. The minimum atomic E-state index is 0.774. The van der Waals surface area contributed by atoms with Crippen molar-refractivity contribution in [3.63, 3.8) is 0 Å². The molecule has 0 atom stereocenters. The van der Waals surface area contributed by atoms with Crippen LogP contribution in [-0.2, 0) is 0 Å². The molecule has 1 heterocycles. The Kier molecular flexibility index (Phi) is 2.68. The molecular weight excluding hydrogens is 256 g/mol. The summed E-state index contributed by atoms with van der Waals surface area (Å²) in [5, 5.41) is 3.48. The van der Waals surface area contributed by atoms with Gasteiger partial charge in [0.15, 0.2) is 5.82 Å². The van der Waals surface area contributed by atoms with Gasteiger partial charge in [-0.05, 0) is 12.3 Å². The lowest BCUT2D eigenvalue weighted by Gasteiger charge is -2.06. The van der Waals surface area contributed by atoms with E-state index in [1.54, 1.807) is 0 Å². The van der Waals surface area contributed by atoms with Crippen molar-refractivity contribution < 1.29 is 0 Å². The second kappa shape index (κ2) is 4.67. The molecule has 0 N–H and O–H groups in total. The minimum Gasteiger partial charge on any atom is -0.236 e. The third-order valence-corrected chi connectivity index (χ3v) is 3.75. The molecule has 0 saturated carbocycles. The fourth-order valence-corrected chi connectivity index (χ4v) is 2.67. The van der Waals surface area contributed by atoms with E-state index in [4.69, 9.17) is 4.98 Å². The summed E-state index contributed by atoms with van der Waals surface area (Å²) < 4.78 is 0. The van der Waals surface area contributed by atoms with Crippen LogP contribution in [0.5, 0.6) is 0 Å². The molecule has 100 valence electrons. The molecule has 0 aliphatic rings. The smallest absolute Gasteiger partial charge is 0.159 e. The second-order valence-electron chi connectivity index (χ2n) is 5.29. The highest BCUT2D eigenvalue weighted by Crippen LogP contribution is 2.26. The lowest BCUT2D eigenvalue weighted by atomic mass is 10.0. The maximum Gasteiger partial charge on any atom is 0.159 e. The summed E-state index contributed by atoms with van der Waals surface area (Å²) in [4.78, 5) is 9.28. The summed E-state index contributed by atoms with van der Waals surface area (Å²) >= 11 is 0. The molecule has 0 fully saturated rings. The number of rotatable bonds is 1. The minimum absolute atomic E-state index is 0.774. The van der Waals surface area contributed by atoms with Gasteiger partial charge in [-0.3, -0.25) is 0 Å². The van der Waals surface area contributed by atoms with Crippen molar-refractivity contribution in [3.05, 3.63) is 72.4 Å². The van der Waals surface area contributed by atoms with E-state index < -0.39 is 0 Å². The zero-order valence-corrected chi connectivity index (χ0v) is 11.7. The first kappa shape index (κ1) is 12.0. The van der Waals surface area contributed by atoms with Crippen molar-refractivity contribution in [1.29, 1.82) is 0 Å². The highest BCUT2D eigenvalue weighted by molar-refractivity contribution is 6.05. The Labute approximate surface area is 123 Å². The molecular formula is C19H14N2. The quantitative estimate of drug-likeness (QED) is 0.466. The van der Waals surface area contributed by atoms with Crippen LogP contribution in [0.1, 0.15) is 5.56 Å². The number of fused-ring (bicyclic) bond motifs is 3. The van der Waals surface area contributed by atoms with Gasteiger partial charge in [-0.25, -0.2) is 9.97 Å². The summed E-state index contributed by atoms with van der Waals surface area (Å²) in [6.07, 6.45) is 1.91. The molecule has 0 amide bonds. The van der Waals surface area contributed by atoms with Gasteiger partial charge in [0.05, 0.1) is 5.52 Å². The first-order valence-corrected chi connectivity index (χ1v) is 7.03. The van der Waals surface area contributed by atoms with Gasteiger partial charge in [-0.1, -0.05) is 66.2 Å². The van der Waals surface area contributed by atoms with Crippen LogP contribution in [0.25, 0.3) is 33.1 Å². The molecule has 0 aliphatic heterocycles. The Morgan fingerprint density at radius 2 is 1.62 bits per heavy atom. The lowest BCUT2D eigenvalue weighted by Crippen LogP contribution is -1.90. The molecule has 0 aliphatic carbocycles. The molecule has 0 radical (unpaired) electrons. The Balaban J connectivity index is 2.03. The van der Waals surface area contributed by atoms with Crippen molar-refractivity contribution in [2.45, 2.75) is 6.92 Å². The Morgan fingerprint density at radius 1 is 0.810 bits per heavy atom. The van der Waals surface area contributed by atoms with Crippen LogP contribution in [0.3, 0.4) is 0 Å². The molecule has 0 saturated heterocycles. The van der Waals surface area contributed by atoms with Crippen molar-refractivity contribution in [2.75, 3.05) is 0 Å². The fourth-order valence-electron chi connectivity index (χ4n) is 2.67. The molecule has 0 unspecified atom stereocenters. The molecule has 2 nitrogen and oxygen atoms in total. The normalized spacial score (nSPS) is 11.1. The topological polar surface area (TPSA) is 25.8 Å². The number of nitrogens with zero attached hydrogens (tertiary/aromatic N) is 2. The third kappa shape index (κ3) is 2.05. The molecule has 2 heteroatoms. The van der Waals surface area contributed by atoms with E-state index in [9.17, 15) is 0 Å². The van der Waals surface area contributed by atoms with E-state index in [1.807, 2.05) is 36.5 Å². The molecule has 21 heavy (non-hydrogen) atoms. The monoisotopic (exact) mass is 270 g/mol. The van der Waals surface area contributed by atoms with Gasteiger partial charge in [0, 0.05) is 22.5 Å². The van der Waals surface area contributed by atoms with Gasteiger partial charge in [0.25, 0.3) is 0 Å². The van der Waals surface area contributed by atoms with Crippen molar-refractivity contribution >= 4 is 21.7 Å². The molecule has 3 aromatic carbocycles. The lowest BCUT2D eigenvalue weighted by molar-refractivity contribution is 1.23. The van der Waals surface area contributed by atoms with Gasteiger partial charge < -0.3 is 0 Å². The van der Waals surface area contributed by atoms with E-state index in [2.05, 4.69) is 42.2 Å². The average molecular weight is 270 g/mol. The maximum atomic E-state index is 4.79. The van der Waals surface area contributed by atoms with Gasteiger partial charge in [-0.15, -0.1) is 0 Å². The number of benzene rings is 3. The predicted octanol–water partition coefficient (Wildman–Crippen LogP) is 4.76. The van der Waals surface area contributed by atoms with E-state index >= 15 is 0 Å². The molecule has 1 aromatic heterocycles. The number of aryl methyl sites for hydroxylation is 1. The molecule has 4 rings (SSSR count). The van der Waals surface area contributed by atoms with Crippen LogP contribution in [0.15, 0.2) is 66.9 Å². The highest BCUT2D eigenvalue weighted by atomic mass is 14.9.